The van der Waals surface area contributed by atoms with Crippen LogP contribution >= 0.6 is 0 Å². The minimum Gasteiger partial charge on any atom is -0.399 e. The molecule has 0 aliphatic rings. The van der Waals surface area contributed by atoms with Gasteiger partial charge in [0.2, 0.25) is 0 Å². The molecule has 1 aromatic carbocycles. The molecule has 0 aliphatic heterocycles. The van der Waals surface area contributed by atoms with Crippen molar-refractivity contribution in [1.82, 2.24) is 0 Å². The van der Waals surface area contributed by atoms with Crippen molar-refractivity contribution in [3.05, 3.63) is 23.8 Å². The lowest BCUT2D eigenvalue weighted by atomic mass is 10.1. The first-order valence-corrected chi connectivity index (χ1v) is 5.17. The molecule has 0 unspecified atom stereocenters. The van der Waals surface area contributed by atoms with E-state index in [1.807, 2.05) is 6.07 Å². The Morgan fingerprint density at radius 2 is 2.20 bits per heavy atom. The average Bonchev–Trinajstić information content (AvgIpc) is 2.19. The molecule has 0 saturated carbocycles. The molecule has 0 spiro atoms. The molecule has 3 heteroatoms. The summed E-state index contributed by atoms with van der Waals surface area (Å²) in [6.45, 7) is 5.24. The first-order chi connectivity index (χ1) is 7.13. The van der Waals surface area contributed by atoms with Crippen molar-refractivity contribution in [2.24, 2.45) is 5.92 Å². The highest BCUT2D eigenvalue weighted by molar-refractivity contribution is 5.62. The van der Waals surface area contributed by atoms with Crippen LogP contribution in [0, 0.1) is 17.2 Å². The zero-order chi connectivity index (χ0) is 11.3. The Morgan fingerprint density at radius 3 is 2.80 bits per heavy atom. The first-order valence-electron chi connectivity index (χ1n) is 5.17. The largest absolute Gasteiger partial charge is 0.399 e. The van der Waals surface area contributed by atoms with E-state index < -0.39 is 0 Å². The Labute approximate surface area is 90.9 Å². The smallest absolute Gasteiger partial charge is 0.101 e. The van der Waals surface area contributed by atoms with Crippen molar-refractivity contribution >= 4 is 11.4 Å². The number of rotatable bonds is 4. The molecular weight excluding hydrogens is 186 g/mol. The Hall–Kier alpha value is -1.69. The van der Waals surface area contributed by atoms with Crippen LogP contribution in [0.2, 0.25) is 0 Å². The molecule has 0 aliphatic carbocycles. The lowest BCUT2D eigenvalue weighted by molar-refractivity contribution is 0.607. The summed E-state index contributed by atoms with van der Waals surface area (Å²) in [5, 5.41) is 12.2. The van der Waals surface area contributed by atoms with Gasteiger partial charge in [0.05, 0.1) is 11.3 Å². The molecule has 0 bridgehead atoms. The van der Waals surface area contributed by atoms with Gasteiger partial charge in [-0.25, -0.2) is 0 Å². The van der Waals surface area contributed by atoms with Crippen LogP contribution in [0.1, 0.15) is 25.8 Å². The highest BCUT2D eigenvalue weighted by Crippen LogP contribution is 2.18. The third kappa shape index (κ3) is 3.51. The van der Waals surface area contributed by atoms with Crippen LogP contribution in [0.3, 0.4) is 0 Å². The number of benzene rings is 1. The Balaban J connectivity index is 2.65. The van der Waals surface area contributed by atoms with Crippen molar-refractivity contribution in [2.75, 3.05) is 17.6 Å². The summed E-state index contributed by atoms with van der Waals surface area (Å²) in [6, 6.07) is 7.48. The van der Waals surface area contributed by atoms with Gasteiger partial charge in [0, 0.05) is 12.2 Å². The van der Waals surface area contributed by atoms with Gasteiger partial charge in [-0.05, 0) is 30.5 Å². The maximum atomic E-state index is 8.91. The van der Waals surface area contributed by atoms with E-state index in [4.69, 9.17) is 11.0 Å². The first kappa shape index (κ1) is 11.4. The summed E-state index contributed by atoms with van der Waals surface area (Å²) < 4.78 is 0. The fraction of sp³-hybridized carbons (Fsp3) is 0.417. The lowest BCUT2D eigenvalue weighted by Crippen LogP contribution is -2.06. The SMILES string of the molecule is CC(C)CCNc1ccc(N)cc1C#N. The predicted octanol–water partition coefficient (Wildman–Crippen LogP) is 2.60. The van der Waals surface area contributed by atoms with Crippen LogP contribution < -0.4 is 11.1 Å². The molecule has 15 heavy (non-hydrogen) atoms. The predicted molar refractivity (Wildman–Crippen MR) is 63.5 cm³/mol. The summed E-state index contributed by atoms with van der Waals surface area (Å²) in [5.74, 6) is 0.664. The number of nitrogens with zero attached hydrogens (tertiary/aromatic N) is 1. The molecule has 80 valence electrons. The highest BCUT2D eigenvalue weighted by atomic mass is 14.9. The number of nitrogens with one attached hydrogen (secondary N) is 1. The molecule has 0 heterocycles. The van der Waals surface area contributed by atoms with Gasteiger partial charge in [0.1, 0.15) is 6.07 Å². The van der Waals surface area contributed by atoms with E-state index in [2.05, 4.69) is 25.2 Å². The molecule has 1 aromatic rings. The van der Waals surface area contributed by atoms with Crippen molar-refractivity contribution in [1.29, 1.82) is 5.26 Å². The quantitative estimate of drug-likeness (QED) is 0.739. The van der Waals surface area contributed by atoms with E-state index in [0.29, 0.717) is 17.2 Å². The standard InChI is InChI=1S/C12H17N3/c1-9(2)5-6-15-12-4-3-11(14)7-10(12)8-13/h3-4,7,9,15H,5-6,14H2,1-2H3. The van der Waals surface area contributed by atoms with E-state index in [0.717, 1.165) is 18.7 Å². The van der Waals surface area contributed by atoms with Crippen molar-refractivity contribution in [3.8, 4) is 6.07 Å². The number of anilines is 2. The lowest BCUT2D eigenvalue weighted by Gasteiger charge is -2.10. The third-order valence-corrected chi connectivity index (χ3v) is 2.20. The second kappa shape index (κ2) is 5.26. The molecule has 0 radical (unpaired) electrons. The number of nitrogen functional groups attached to an aromatic ring is 1. The van der Waals surface area contributed by atoms with Crippen LogP contribution in [-0.2, 0) is 0 Å². The van der Waals surface area contributed by atoms with E-state index in [1.165, 1.54) is 0 Å². The van der Waals surface area contributed by atoms with Crippen LogP contribution in [-0.4, -0.2) is 6.54 Å². The topological polar surface area (TPSA) is 61.8 Å². The van der Waals surface area contributed by atoms with E-state index >= 15 is 0 Å². The number of nitriles is 1. The molecule has 0 aromatic heterocycles. The highest BCUT2D eigenvalue weighted by Gasteiger charge is 2.01. The molecule has 3 N–H and O–H groups in total. The van der Waals surface area contributed by atoms with Gasteiger partial charge in [0.25, 0.3) is 0 Å². The molecule has 3 nitrogen and oxygen atoms in total. The minimum absolute atomic E-state index is 0.610. The monoisotopic (exact) mass is 203 g/mol. The summed E-state index contributed by atoms with van der Waals surface area (Å²) in [4.78, 5) is 0. The van der Waals surface area contributed by atoms with Crippen LogP contribution in [0.15, 0.2) is 18.2 Å². The van der Waals surface area contributed by atoms with Crippen molar-refractivity contribution in [2.45, 2.75) is 20.3 Å². The zero-order valence-electron chi connectivity index (χ0n) is 9.25. The molecule has 0 amide bonds. The van der Waals surface area contributed by atoms with Gasteiger partial charge in [0.15, 0.2) is 0 Å². The number of hydrogen-bond donors (Lipinski definition) is 2. The maximum Gasteiger partial charge on any atom is 0.101 e. The fourth-order valence-electron chi connectivity index (χ4n) is 1.30. The molecule has 1 rings (SSSR count). The van der Waals surface area contributed by atoms with Crippen molar-refractivity contribution in [3.63, 3.8) is 0 Å². The van der Waals surface area contributed by atoms with Gasteiger partial charge in [-0.1, -0.05) is 13.8 Å². The van der Waals surface area contributed by atoms with Crippen LogP contribution in [0.5, 0.6) is 0 Å². The molecular formula is C12H17N3. The summed E-state index contributed by atoms with van der Waals surface area (Å²) in [7, 11) is 0. The molecule has 0 fully saturated rings. The average molecular weight is 203 g/mol. The fourth-order valence-corrected chi connectivity index (χ4v) is 1.30. The Morgan fingerprint density at radius 1 is 1.47 bits per heavy atom. The van der Waals surface area contributed by atoms with Gasteiger partial charge >= 0.3 is 0 Å². The summed E-state index contributed by atoms with van der Waals surface area (Å²) >= 11 is 0. The van der Waals surface area contributed by atoms with Crippen LogP contribution in [0.25, 0.3) is 0 Å². The van der Waals surface area contributed by atoms with Crippen molar-refractivity contribution < 1.29 is 0 Å². The maximum absolute atomic E-state index is 8.91. The summed E-state index contributed by atoms with van der Waals surface area (Å²) in [6.07, 6.45) is 1.09. The number of hydrogen-bond acceptors (Lipinski definition) is 3. The second-order valence-electron chi connectivity index (χ2n) is 4.03. The van der Waals surface area contributed by atoms with E-state index in [1.54, 1.807) is 12.1 Å². The molecule has 0 atom stereocenters. The van der Waals surface area contributed by atoms with E-state index in [-0.39, 0.29) is 0 Å². The van der Waals surface area contributed by atoms with Crippen LogP contribution in [0.4, 0.5) is 11.4 Å². The third-order valence-electron chi connectivity index (χ3n) is 2.20. The number of nitrogens with two attached hydrogens (primary N) is 1. The van der Waals surface area contributed by atoms with Gasteiger partial charge in [-0.3, -0.25) is 0 Å². The Kier molecular flexibility index (Phi) is 3.99. The zero-order valence-corrected chi connectivity index (χ0v) is 9.25. The summed E-state index contributed by atoms with van der Waals surface area (Å²) in [5.41, 5.74) is 7.70. The second-order valence-corrected chi connectivity index (χ2v) is 4.03. The Bertz CT molecular complexity index is 364. The van der Waals surface area contributed by atoms with E-state index in [9.17, 15) is 0 Å². The molecule has 0 saturated heterocycles. The van der Waals surface area contributed by atoms with Gasteiger partial charge in [-0.15, -0.1) is 0 Å². The normalized spacial score (nSPS) is 10.0. The van der Waals surface area contributed by atoms with Gasteiger partial charge < -0.3 is 11.1 Å². The minimum atomic E-state index is 0.610. The van der Waals surface area contributed by atoms with Gasteiger partial charge in [-0.2, -0.15) is 5.26 Å².